The van der Waals surface area contributed by atoms with E-state index in [9.17, 15) is 0 Å². The molecule has 4 heteroatoms. The summed E-state index contributed by atoms with van der Waals surface area (Å²) in [7, 11) is 0. The van der Waals surface area contributed by atoms with Crippen LogP contribution in [0.4, 0.5) is 34.1 Å². The molecule has 0 N–H and O–H groups in total. The predicted molar refractivity (Wildman–Crippen MR) is 424 cm³/mol. The first-order valence-electron chi connectivity index (χ1n) is 34.2. The van der Waals surface area contributed by atoms with E-state index in [-0.39, 0.29) is 0 Å². The van der Waals surface area contributed by atoms with Gasteiger partial charge in [0.15, 0.2) is 0 Å². The lowest BCUT2D eigenvalue weighted by atomic mass is 9.96. The molecule has 0 radical (unpaired) electrons. The molecule has 0 fully saturated rings. The van der Waals surface area contributed by atoms with Crippen molar-refractivity contribution < 1.29 is 0 Å². The summed E-state index contributed by atoms with van der Waals surface area (Å²) >= 11 is 0. The van der Waals surface area contributed by atoms with Crippen molar-refractivity contribution >= 4 is 77.7 Å². The van der Waals surface area contributed by atoms with Gasteiger partial charge in [0.25, 0.3) is 0 Å². The zero-order chi connectivity index (χ0) is 66.6. The van der Waals surface area contributed by atoms with E-state index >= 15 is 0 Å². The molecule has 0 aliphatic carbocycles. The highest BCUT2D eigenvalue weighted by Gasteiger charge is 2.22. The second-order valence-electron chi connectivity index (χ2n) is 25.2. The van der Waals surface area contributed by atoms with Gasteiger partial charge >= 0.3 is 0 Å². The van der Waals surface area contributed by atoms with E-state index in [1.165, 1.54) is 110 Å². The standard InChI is InChI=1S/C54H38N2.C42H30N2/c1-4-15-39(16-5-1)41-27-32-46(33-28-41)55(54-36-31-45(40-17-6-2-7-18-40)38-51(54)43-19-8-3-9-20-43)47-34-29-42(30-35-47)44-21-14-22-48(37-44)56-52-25-12-10-23-49(52)50-24-11-13-26-53(50)56;1-3-14-32(15-4-1)37-20-7-10-23-40(37)43(34-17-5-2-6-18-34)35-28-26-31(27-29-35)33-16-13-19-36(30-33)44-41-24-11-8-21-38(41)39-22-9-12-25-42(39)44/h1-38H;1-30H. The second-order valence-corrected chi connectivity index (χ2v) is 25.2. The minimum absolute atomic E-state index is 1.09. The zero-order valence-corrected chi connectivity index (χ0v) is 55.0. The fourth-order valence-corrected chi connectivity index (χ4v) is 14.4. The second kappa shape index (κ2) is 27.1. The fourth-order valence-electron chi connectivity index (χ4n) is 14.4. The summed E-state index contributed by atoms with van der Waals surface area (Å²) < 4.78 is 4.76. The lowest BCUT2D eigenvalue weighted by Crippen LogP contribution is -2.11. The molecule has 2 heterocycles. The van der Waals surface area contributed by atoms with Crippen LogP contribution in [0.25, 0.3) is 122 Å². The monoisotopic (exact) mass is 1280 g/mol. The molecule has 18 aromatic rings. The van der Waals surface area contributed by atoms with Crippen LogP contribution < -0.4 is 9.80 Å². The zero-order valence-electron chi connectivity index (χ0n) is 55.0. The Morgan fingerprint density at radius 3 is 0.850 bits per heavy atom. The summed E-state index contributed by atoms with van der Waals surface area (Å²) in [6.45, 7) is 0. The van der Waals surface area contributed by atoms with Gasteiger partial charge in [-0.15, -0.1) is 0 Å². The summed E-state index contributed by atoms with van der Waals surface area (Å²) in [5.41, 5.74) is 28.1. The molecule has 0 saturated heterocycles. The molecule has 0 spiro atoms. The first-order chi connectivity index (χ1) is 49.6. The quantitative estimate of drug-likeness (QED) is 0.108. The highest BCUT2D eigenvalue weighted by Crippen LogP contribution is 2.46. The number of para-hydroxylation sites is 6. The van der Waals surface area contributed by atoms with E-state index in [4.69, 9.17) is 0 Å². The fraction of sp³-hybridized carbons (Fsp3) is 0. The summed E-state index contributed by atoms with van der Waals surface area (Å²) in [5.74, 6) is 0. The van der Waals surface area contributed by atoms with Crippen molar-refractivity contribution in [1.82, 2.24) is 9.13 Å². The van der Waals surface area contributed by atoms with Gasteiger partial charge in [-0.05, 0) is 171 Å². The SMILES string of the molecule is c1ccc(-c2ccc(N(c3ccc(-c4cccc(-n5c6ccccc6c6ccccc65)c4)cc3)c3ccc(-c4ccccc4)cc3-c3ccccc3)cc2)cc1.c1ccc(-c2ccccc2N(c2ccccc2)c2ccc(-c3cccc(-n4c5ccccc5c5ccccc54)c3)cc2)cc1. The van der Waals surface area contributed by atoms with Gasteiger partial charge in [0.2, 0.25) is 0 Å². The highest BCUT2D eigenvalue weighted by molar-refractivity contribution is 6.10. The van der Waals surface area contributed by atoms with Crippen LogP contribution in [0, 0.1) is 0 Å². The topological polar surface area (TPSA) is 16.3 Å². The number of fused-ring (bicyclic) bond motifs is 6. The average Bonchev–Trinajstić information content (AvgIpc) is 1.58. The Labute approximate surface area is 583 Å². The van der Waals surface area contributed by atoms with Crippen LogP contribution in [0.5, 0.6) is 0 Å². The van der Waals surface area contributed by atoms with Crippen LogP contribution in [0.3, 0.4) is 0 Å². The van der Waals surface area contributed by atoms with E-state index < -0.39 is 0 Å². The summed E-state index contributed by atoms with van der Waals surface area (Å²) in [6.07, 6.45) is 0. The molecule has 0 unspecified atom stereocenters. The van der Waals surface area contributed by atoms with E-state index in [0.29, 0.717) is 0 Å². The molecule has 18 rings (SSSR count). The summed E-state index contributed by atoms with van der Waals surface area (Å²) in [6, 6.07) is 148. The maximum absolute atomic E-state index is 2.39. The molecule has 100 heavy (non-hydrogen) atoms. The first kappa shape index (κ1) is 60.4. The summed E-state index contributed by atoms with van der Waals surface area (Å²) in [5, 5.41) is 5.08. The van der Waals surface area contributed by atoms with Crippen LogP contribution in [-0.4, -0.2) is 9.13 Å². The number of rotatable bonds is 14. The molecule has 0 bridgehead atoms. The Kier molecular flexibility index (Phi) is 16.4. The third-order valence-electron chi connectivity index (χ3n) is 19.2. The Morgan fingerprint density at radius 1 is 0.160 bits per heavy atom. The van der Waals surface area contributed by atoms with Crippen molar-refractivity contribution in [3.05, 3.63) is 413 Å². The van der Waals surface area contributed by atoms with Gasteiger partial charge in [0, 0.05) is 66.8 Å². The Balaban J connectivity index is 0.000000154. The van der Waals surface area contributed by atoms with Crippen LogP contribution in [0.2, 0.25) is 0 Å². The largest absolute Gasteiger partial charge is 0.310 e. The van der Waals surface area contributed by atoms with Gasteiger partial charge in [-0.1, -0.05) is 297 Å². The normalized spacial score (nSPS) is 11.2. The predicted octanol–water partition coefficient (Wildman–Crippen LogP) is 26.5. The molecule has 2 aromatic heterocycles. The molecule has 0 aliphatic rings. The number of hydrogen-bond donors (Lipinski definition) is 0. The summed E-state index contributed by atoms with van der Waals surface area (Å²) in [4.78, 5) is 4.74. The average molecular weight is 1280 g/mol. The molecular weight excluding hydrogens is 1210 g/mol. The van der Waals surface area contributed by atoms with Crippen molar-refractivity contribution in [2.24, 2.45) is 0 Å². The number of nitrogens with zero attached hydrogens (tertiary/aromatic N) is 4. The minimum atomic E-state index is 1.09. The van der Waals surface area contributed by atoms with Crippen molar-refractivity contribution in [3.63, 3.8) is 0 Å². The number of benzene rings is 16. The van der Waals surface area contributed by atoms with E-state index in [1.54, 1.807) is 0 Å². The lowest BCUT2D eigenvalue weighted by Gasteiger charge is -2.29. The van der Waals surface area contributed by atoms with Gasteiger partial charge in [-0.2, -0.15) is 0 Å². The molecule has 16 aromatic carbocycles. The number of anilines is 6. The molecule has 472 valence electrons. The Bertz CT molecular complexity index is 5760. The maximum atomic E-state index is 2.39. The van der Waals surface area contributed by atoms with Gasteiger partial charge in [0.05, 0.1) is 33.4 Å². The third-order valence-corrected chi connectivity index (χ3v) is 19.2. The molecule has 4 nitrogen and oxygen atoms in total. The molecule has 0 aliphatic heterocycles. The molecule has 0 amide bonds. The molecular formula is C96H68N4. The van der Waals surface area contributed by atoms with Crippen LogP contribution in [0.15, 0.2) is 413 Å². The van der Waals surface area contributed by atoms with Gasteiger partial charge < -0.3 is 18.9 Å². The highest BCUT2D eigenvalue weighted by atomic mass is 15.2. The van der Waals surface area contributed by atoms with E-state index in [2.05, 4.69) is 431 Å². The van der Waals surface area contributed by atoms with Crippen molar-refractivity contribution in [2.45, 2.75) is 0 Å². The Morgan fingerprint density at radius 2 is 0.430 bits per heavy atom. The number of aromatic nitrogens is 2. The molecule has 0 atom stereocenters. The van der Waals surface area contributed by atoms with Gasteiger partial charge in [-0.3, -0.25) is 0 Å². The van der Waals surface area contributed by atoms with E-state index in [1.807, 2.05) is 0 Å². The van der Waals surface area contributed by atoms with Gasteiger partial charge in [0.1, 0.15) is 0 Å². The van der Waals surface area contributed by atoms with E-state index in [0.717, 1.165) is 45.5 Å². The van der Waals surface area contributed by atoms with Crippen LogP contribution >= 0.6 is 0 Å². The lowest BCUT2D eigenvalue weighted by molar-refractivity contribution is 1.18. The maximum Gasteiger partial charge on any atom is 0.0541 e. The smallest absolute Gasteiger partial charge is 0.0541 e. The number of hydrogen-bond acceptors (Lipinski definition) is 2. The van der Waals surface area contributed by atoms with Crippen molar-refractivity contribution in [2.75, 3.05) is 9.80 Å². The van der Waals surface area contributed by atoms with Crippen LogP contribution in [0.1, 0.15) is 0 Å². The van der Waals surface area contributed by atoms with Gasteiger partial charge in [-0.25, -0.2) is 0 Å². The molecule has 0 saturated carbocycles. The van der Waals surface area contributed by atoms with Crippen molar-refractivity contribution in [1.29, 1.82) is 0 Å². The van der Waals surface area contributed by atoms with Crippen LogP contribution in [-0.2, 0) is 0 Å². The first-order valence-corrected chi connectivity index (χ1v) is 34.2. The van der Waals surface area contributed by atoms with Crippen molar-refractivity contribution in [3.8, 4) is 78.1 Å². The minimum Gasteiger partial charge on any atom is -0.310 e. The third kappa shape index (κ3) is 11.8. The Hall–Kier alpha value is -13.3.